The summed E-state index contributed by atoms with van der Waals surface area (Å²) in [5.74, 6) is -4.43. The number of thiocarbonyl (C=S) groups is 1. The molecule has 0 fully saturated rings. The molecule has 0 aromatic carbocycles. The summed E-state index contributed by atoms with van der Waals surface area (Å²) in [4.78, 5) is -0.402. The van der Waals surface area contributed by atoms with E-state index < -0.39 is 39.2 Å². The van der Waals surface area contributed by atoms with Crippen LogP contribution in [-0.4, -0.2) is 37.5 Å². The Balaban J connectivity index is 4.73. The van der Waals surface area contributed by atoms with Crippen molar-refractivity contribution in [2.75, 3.05) is 6.54 Å². The van der Waals surface area contributed by atoms with E-state index in [-0.39, 0.29) is 6.42 Å². The maximum Gasteiger partial charge on any atom is 0.320 e. The van der Waals surface area contributed by atoms with Gasteiger partial charge in [-0.1, -0.05) is 19.1 Å². The third-order valence-corrected chi connectivity index (χ3v) is 4.21. The van der Waals surface area contributed by atoms with Crippen molar-refractivity contribution < 1.29 is 26.0 Å². The lowest BCUT2D eigenvalue weighted by Crippen LogP contribution is -2.47. The Morgan fingerprint density at radius 2 is 1.94 bits per heavy atom. The molecule has 102 valence electrons. The molecule has 1 unspecified atom stereocenters. The number of halogens is 4. The van der Waals surface area contributed by atoms with Crippen molar-refractivity contribution in [2.24, 2.45) is 5.73 Å². The molecule has 0 saturated heterocycles. The molecule has 0 saturated carbocycles. The number of hydrogen-bond acceptors (Lipinski definition) is 3. The first-order chi connectivity index (χ1) is 7.54. The molecule has 0 heterocycles. The number of hydrogen-bond donors (Lipinski definition) is 2. The maximum atomic E-state index is 12.5. The predicted molar refractivity (Wildman–Crippen MR) is 58.7 cm³/mol. The number of rotatable bonds is 7. The van der Waals surface area contributed by atoms with E-state index >= 15 is 0 Å². The Labute approximate surface area is 102 Å². The van der Waals surface area contributed by atoms with Crippen LogP contribution in [0, 0.1) is 0 Å². The average molecular weight is 296 g/mol. The van der Waals surface area contributed by atoms with E-state index in [2.05, 4.69) is 12.2 Å². The van der Waals surface area contributed by atoms with Crippen molar-refractivity contribution in [2.45, 2.75) is 30.9 Å². The van der Waals surface area contributed by atoms with Crippen molar-refractivity contribution in [3.05, 3.63) is 0 Å². The maximum absolute atomic E-state index is 12.5. The topological polar surface area (TPSA) is 72.2 Å². The summed E-state index contributed by atoms with van der Waals surface area (Å²) in [7, 11) is -4.27. The molecule has 0 rings (SSSR count). The number of sulfonamides is 1. The Bertz CT molecular complexity index is 372. The number of nitrogens with two attached hydrogens (primary N) is 1. The second kappa shape index (κ2) is 5.91. The Hall–Kier alpha value is -0.480. The fraction of sp³-hybridized carbons (Fsp3) is 0.857. The van der Waals surface area contributed by atoms with E-state index in [4.69, 9.17) is 5.73 Å². The zero-order valence-electron chi connectivity index (χ0n) is 8.79. The Morgan fingerprint density at radius 1 is 1.47 bits per heavy atom. The average Bonchev–Trinajstić information content (AvgIpc) is 2.14. The third-order valence-electron chi connectivity index (χ3n) is 1.89. The molecule has 4 nitrogen and oxygen atoms in total. The van der Waals surface area contributed by atoms with Gasteiger partial charge in [0.25, 0.3) is 0 Å². The van der Waals surface area contributed by atoms with E-state index in [0.717, 1.165) is 0 Å². The van der Waals surface area contributed by atoms with Gasteiger partial charge in [-0.05, 0) is 6.42 Å². The van der Waals surface area contributed by atoms with Gasteiger partial charge in [0, 0.05) is 0 Å². The van der Waals surface area contributed by atoms with Gasteiger partial charge in [0.05, 0.1) is 11.5 Å². The highest BCUT2D eigenvalue weighted by Gasteiger charge is 2.42. The van der Waals surface area contributed by atoms with Gasteiger partial charge < -0.3 is 5.73 Å². The first-order valence-electron chi connectivity index (χ1n) is 4.48. The normalized spacial score (nSPS) is 14.9. The highest BCUT2D eigenvalue weighted by atomic mass is 32.2. The summed E-state index contributed by atoms with van der Waals surface area (Å²) in [6.07, 6.45) is -3.99. The first-order valence-corrected chi connectivity index (χ1v) is 6.43. The molecule has 1 atom stereocenters. The summed E-state index contributed by atoms with van der Waals surface area (Å²) >= 11 is 4.45. The van der Waals surface area contributed by atoms with Crippen LogP contribution in [0.1, 0.15) is 13.3 Å². The molecule has 0 aromatic heterocycles. The van der Waals surface area contributed by atoms with E-state index in [1.54, 1.807) is 0 Å². The van der Waals surface area contributed by atoms with Crippen LogP contribution in [0.25, 0.3) is 0 Å². The molecule has 0 aliphatic carbocycles. The van der Waals surface area contributed by atoms with Crippen LogP contribution in [0.5, 0.6) is 0 Å². The van der Waals surface area contributed by atoms with Gasteiger partial charge in [-0.2, -0.15) is 8.78 Å². The lowest BCUT2D eigenvalue weighted by molar-refractivity contribution is -0.122. The molecule has 0 spiro atoms. The Morgan fingerprint density at radius 3 is 2.24 bits per heavy atom. The largest absolute Gasteiger partial charge is 0.392 e. The summed E-state index contributed by atoms with van der Waals surface area (Å²) in [5, 5.41) is -1.36. The van der Waals surface area contributed by atoms with E-state index in [1.807, 2.05) is 0 Å². The second-order valence-corrected chi connectivity index (χ2v) is 5.65. The van der Waals surface area contributed by atoms with Crippen LogP contribution in [0.2, 0.25) is 0 Å². The van der Waals surface area contributed by atoms with Gasteiger partial charge in [-0.25, -0.2) is 21.9 Å². The molecule has 0 aliphatic heterocycles. The minimum Gasteiger partial charge on any atom is -0.392 e. The third kappa shape index (κ3) is 4.72. The van der Waals surface area contributed by atoms with Crippen molar-refractivity contribution in [3.63, 3.8) is 0 Å². The molecule has 0 amide bonds. The molecular weight excluding hydrogens is 284 g/mol. The van der Waals surface area contributed by atoms with Gasteiger partial charge in [-0.3, -0.25) is 0 Å². The minimum absolute atomic E-state index is 0.0368. The molecule has 3 N–H and O–H groups in total. The molecule has 0 bridgehead atoms. The molecule has 17 heavy (non-hydrogen) atoms. The lowest BCUT2D eigenvalue weighted by atomic mass is 10.3. The highest BCUT2D eigenvalue weighted by Crippen LogP contribution is 2.22. The fourth-order valence-electron chi connectivity index (χ4n) is 0.948. The van der Waals surface area contributed by atoms with Crippen molar-refractivity contribution >= 4 is 27.2 Å². The van der Waals surface area contributed by atoms with Crippen LogP contribution in [0.3, 0.4) is 0 Å². The first kappa shape index (κ1) is 16.5. The molecule has 0 aromatic rings. The van der Waals surface area contributed by atoms with Crippen molar-refractivity contribution in [1.29, 1.82) is 0 Å². The lowest BCUT2D eigenvalue weighted by Gasteiger charge is -2.19. The summed E-state index contributed by atoms with van der Waals surface area (Å²) in [5.41, 5.74) is 5.11. The highest BCUT2D eigenvalue weighted by molar-refractivity contribution is 7.93. The van der Waals surface area contributed by atoms with Crippen LogP contribution in [0.15, 0.2) is 0 Å². The van der Waals surface area contributed by atoms with Crippen LogP contribution >= 0.6 is 12.2 Å². The van der Waals surface area contributed by atoms with Gasteiger partial charge in [0.2, 0.25) is 10.0 Å². The van der Waals surface area contributed by atoms with Gasteiger partial charge in [0.1, 0.15) is 5.25 Å². The molecule has 0 radical (unpaired) electrons. The molecular formula is C7H12F4N2O2S2. The summed E-state index contributed by atoms with van der Waals surface area (Å²) in [6, 6.07) is 0. The second-order valence-electron chi connectivity index (χ2n) is 3.23. The smallest absolute Gasteiger partial charge is 0.320 e. The predicted octanol–water partition coefficient (Wildman–Crippen LogP) is 0.871. The van der Waals surface area contributed by atoms with E-state index in [9.17, 15) is 26.0 Å². The minimum atomic E-state index is -4.43. The van der Waals surface area contributed by atoms with E-state index in [0.29, 0.717) is 0 Å². The van der Waals surface area contributed by atoms with Crippen molar-refractivity contribution in [3.8, 4) is 0 Å². The Kier molecular flexibility index (Phi) is 5.75. The van der Waals surface area contributed by atoms with Crippen LogP contribution in [-0.2, 0) is 10.0 Å². The zero-order chi connectivity index (χ0) is 13.9. The number of nitrogens with one attached hydrogen (secondary N) is 1. The SMILES string of the molecule is CCC(C(N)=S)S(=O)(=O)NCC(F)(F)C(F)F. The van der Waals surface area contributed by atoms with Gasteiger partial charge >= 0.3 is 12.3 Å². The van der Waals surface area contributed by atoms with Crippen molar-refractivity contribution in [1.82, 2.24) is 4.72 Å². The molecule has 10 heteroatoms. The van der Waals surface area contributed by atoms with Gasteiger partial charge in [0.15, 0.2) is 0 Å². The fourth-order valence-corrected chi connectivity index (χ4v) is 2.83. The van der Waals surface area contributed by atoms with Crippen LogP contribution in [0.4, 0.5) is 17.6 Å². The zero-order valence-corrected chi connectivity index (χ0v) is 10.4. The van der Waals surface area contributed by atoms with E-state index in [1.165, 1.54) is 11.6 Å². The summed E-state index contributed by atoms with van der Waals surface area (Å²) < 4.78 is 72.8. The molecule has 0 aliphatic rings. The number of alkyl halides is 4. The van der Waals surface area contributed by atoms with Gasteiger partial charge in [-0.15, -0.1) is 0 Å². The standard InChI is InChI=1S/C7H12F4N2O2S2/c1-2-4(5(12)16)17(14,15)13-3-7(10,11)6(8)9/h4,6,13H,2-3H2,1H3,(H2,12,16). The summed E-state index contributed by atoms with van der Waals surface area (Å²) in [6.45, 7) is -0.263. The monoisotopic (exact) mass is 296 g/mol. The quantitative estimate of drug-likeness (QED) is 0.540. The van der Waals surface area contributed by atoms with Crippen LogP contribution < -0.4 is 10.5 Å².